The molecule has 1 amide bonds. The van der Waals surface area contributed by atoms with Gasteiger partial charge in [0.05, 0.1) is 37.1 Å². The van der Waals surface area contributed by atoms with E-state index in [0.717, 1.165) is 21.8 Å². The molecule has 200 valence electrons. The number of thiazole rings is 1. The van der Waals surface area contributed by atoms with Gasteiger partial charge in [-0.15, -0.1) is 0 Å². The van der Waals surface area contributed by atoms with Gasteiger partial charge < -0.3 is 19.3 Å². The third kappa shape index (κ3) is 4.44. The van der Waals surface area contributed by atoms with Gasteiger partial charge in [-0.2, -0.15) is 0 Å². The van der Waals surface area contributed by atoms with Crippen molar-refractivity contribution in [2.45, 2.75) is 32.4 Å². The predicted octanol–water partition coefficient (Wildman–Crippen LogP) is 3.97. The van der Waals surface area contributed by atoms with E-state index in [4.69, 9.17) is 14.2 Å². The first-order chi connectivity index (χ1) is 18.6. The van der Waals surface area contributed by atoms with Crippen molar-refractivity contribution in [1.29, 1.82) is 0 Å². The Bertz CT molecular complexity index is 1560. The summed E-state index contributed by atoms with van der Waals surface area (Å²) in [6.07, 6.45) is 0.617. The number of benzene rings is 2. The number of methoxy groups -OCH3 is 2. The maximum Gasteiger partial charge on any atom is 0.350 e. The van der Waals surface area contributed by atoms with Crippen molar-refractivity contribution < 1.29 is 38.5 Å². The molecule has 2 unspecified atom stereocenters. The lowest BCUT2D eigenvalue weighted by Crippen LogP contribution is -2.29. The molecule has 11 heteroatoms. The smallest absolute Gasteiger partial charge is 0.350 e. The molecule has 3 aromatic rings. The van der Waals surface area contributed by atoms with E-state index in [2.05, 4.69) is 4.98 Å². The Hall–Kier alpha value is -4.51. The number of carbonyl (C=O) groups excluding carboxylic acids is 4. The van der Waals surface area contributed by atoms with E-state index in [0.29, 0.717) is 29.0 Å². The van der Waals surface area contributed by atoms with Crippen LogP contribution in [0.25, 0.3) is 5.76 Å². The first kappa shape index (κ1) is 26.1. The zero-order valence-electron chi connectivity index (χ0n) is 21.5. The summed E-state index contributed by atoms with van der Waals surface area (Å²) in [5, 5.41) is 11.5. The fourth-order valence-corrected chi connectivity index (χ4v) is 5.77. The molecule has 1 fully saturated rings. The zero-order chi connectivity index (χ0) is 28.0. The van der Waals surface area contributed by atoms with Gasteiger partial charge in [-0.1, -0.05) is 23.5 Å². The number of esters is 2. The fraction of sp³-hybridized carbons (Fsp3) is 0.250. The largest absolute Gasteiger partial charge is 0.507 e. The maximum absolute atomic E-state index is 13.5. The Morgan fingerprint density at radius 2 is 1.72 bits per heavy atom. The molecular formula is C28H24N2O8S. The summed E-state index contributed by atoms with van der Waals surface area (Å²) in [5.41, 5.74) is 2.11. The normalized spacial score (nSPS) is 19.5. The van der Waals surface area contributed by atoms with Crippen molar-refractivity contribution in [2.75, 3.05) is 19.1 Å². The van der Waals surface area contributed by atoms with Gasteiger partial charge in [-0.05, 0) is 55.3 Å². The van der Waals surface area contributed by atoms with Crippen LogP contribution in [-0.4, -0.2) is 54.0 Å². The average Bonchev–Trinajstić information content (AvgIpc) is 3.59. The lowest BCUT2D eigenvalue weighted by Gasteiger charge is -2.23. The number of aromatic nitrogens is 1. The molecule has 1 aromatic heterocycles. The van der Waals surface area contributed by atoms with E-state index < -0.39 is 29.7 Å². The van der Waals surface area contributed by atoms with Gasteiger partial charge in [0.25, 0.3) is 5.78 Å². The fourth-order valence-electron chi connectivity index (χ4n) is 4.76. The molecule has 0 spiro atoms. The Labute approximate surface area is 227 Å². The van der Waals surface area contributed by atoms with Crippen LogP contribution in [0.2, 0.25) is 0 Å². The van der Waals surface area contributed by atoms with E-state index in [1.165, 1.54) is 26.4 Å². The molecule has 0 bridgehead atoms. The van der Waals surface area contributed by atoms with Crippen molar-refractivity contribution in [1.82, 2.24) is 4.98 Å². The number of hydrogen-bond donors (Lipinski definition) is 1. The number of nitrogens with zero attached hydrogens (tertiary/aromatic N) is 2. The second-order valence-electron chi connectivity index (χ2n) is 9.14. The second-order valence-corrected chi connectivity index (χ2v) is 10.1. The Morgan fingerprint density at radius 3 is 2.38 bits per heavy atom. The van der Waals surface area contributed by atoms with Gasteiger partial charge in [0.2, 0.25) is 0 Å². The molecule has 5 rings (SSSR count). The van der Waals surface area contributed by atoms with E-state index in [1.54, 1.807) is 37.3 Å². The summed E-state index contributed by atoms with van der Waals surface area (Å²) >= 11 is 0.904. The molecule has 0 aliphatic carbocycles. The summed E-state index contributed by atoms with van der Waals surface area (Å²) in [6, 6.07) is 10.1. The Balaban J connectivity index is 1.68. The SMILES string of the molecule is COC(=O)c1ccc(C2C(=C(O)c3ccc4c(c3)CC(C)O4)C(=O)C(=O)N2c2nc(C)c(C(=O)OC)s2)cc1. The van der Waals surface area contributed by atoms with Gasteiger partial charge in [0, 0.05) is 12.0 Å². The molecule has 2 aliphatic heterocycles. The highest BCUT2D eigenvalue weighted by atomic mass is 32.1. The van der Waals surface area contributed by atoms with Crippen LogP contribution in [0, 0.1) is 6.92 Å². The van der Waals surface area contributed by atoms with Crippen LogP contribution in [0.4, 0.5) is 5.13 Å². The van der Waals surface area contributed by atoms with E-state index in [9.17, 15) is 24.3 Å². The molecule has 1 N–H and O–H groups in total. The van der Waals surface area contributed by atoms with Crippen LogP contribution in [-0.2, 0) is 25.5 Å². The molecule has 10 nitrogen and oxygen atoms in total. The molecule has 2 aliphatic rings. The van der Waals surface area contributed by atoms with Crippen LogP contribution in [0.1, 0.15) is 55.4 Å². The standard InChI is InChI=1S/C28H24N2O8S/c1-13-11-18-12-17(9-10-19(18)38-13)22(31)20-21(15-5-7-16(8-6-15)26(34)36-3)30(25(33)23(20)32)28-29-14(2)24(39-28)27(35)37-4/h5-10,12-13,21,31H,11H2,1-4H3. The highest BCUT2D eigenvalue weighted by molar-refractivity contribution is 7.17. The lowest BCUT2D eigenvalue weighted by molar-refractivity contribution is -0.132. The number of aliphatic hydroxyl groups excluding tert-OH is 1. The number of rotatable bonds is 5. The average molecular weight is 549 g/mol. The van der Waals surface area contributed by atoms with Crippen molar-refractivity contribution in [3.8, 4) is 5.75 Å². The number of aryl methyl sites for hydroxylation is 1. The number of hydrogen-bond acceptors (Lipinski definition) is 10. The monoisotopic (exact) mass is 548 g/mol. The highest BCUT2D eigenvalue weighted by Gasteiger charge is 2.48. The molecule has 0 radical (unpaired) electrons. The van der Waals surface area contributed by atoms with Crippen molar-refractivity contribution in [3.63, 3.8) is 0 Å². The first-order valence-electron chi connectivity index (χ1n) is 12.0. The number of fused-ring (bicyclic) bond motifs is 1. The number of aliphatic hydroxyl groups is 1. The van der Waals surface area contributed by atoms with E-state index in [-0.39, 0.29) is 33.0 Å². The molecule has 39 heavy (non-hydrogen) atoms. The zero-order valence-corrected chi connectivity index (χ0v) is 22.3. The Kier molecular flexibility index (Phi) is 6.69. The molecule has 0 saturated carbocycles. The summed E-state index contributed by atoms with van der Waals surface area (Å²) in [7, 11) is 2.50. The third-order valence-electron chi connectivity index (χ3n) is 6.62. The number of ketones is 1. The van der Waals surface area contributed by atoms with Crippen LogP contribution in [0.5, 0.6) is 5.75 Å². The molecule has 3 heterocycles. The van der Waals surface area contributed by atoms with Crippen molar-refractivity contribution in [2.24, 2.45) is 0 Å². The number of ether oxygens (including phenoxy) is 3. The lowest BCUT2D eigenvalue weighted by atomic mass is 9.94. The summed E-state index contributed by atoms with van der Waals surface area (Å²) < 4.78 is 15.3. The van der Waals surface area contributed by atoms with Crippen LogP contribution >= 0.6 is 11.3 Å². The number of amides is 1. The van der Waals surface area contributed by atoms with Gasteiger partial charge in [-0.3, -0.25) is 14.5 Å². The minimum atomic E-state index is -1.09. The number of Topliss-reactive ketones (excluding diaryl/α,β-unsaturated/α-hetero) is 1. The minimum Gasteiger partial charge on any atom is -0.507 e. The third-order valence-corrected chi connectivity index (χ3v) is 7.76. The minimum absolute atomic E-state index is 0.0200. The van der Waals surface area contributed by atoms with Gasteiger partial charge in [0.1, 0.15) is 22.5 Å². The predicted molar refractivity (Wildman–Crippen MR) is 141 cm³/mol. The van der Waals surface area contributed by atoms with Gasteiger partial charge in [-0.25, -0.2) is 14.6 Å². The number of carbonyl (C=O) groups is 4. The summed E-state index contributed by atoms with van der Waals surface area (Å²) in [6.45, 7) is 3.53. The maximum atomic E-state index is 13.5. The molecular weight excluding hydrogens is 524 g/mol. The number of anilines is 1. The topological polar surface area (TPSA) is 132 Å². The molecule has 2 aromatic carbocycles. The molecule has 2 atom stereocenters. The van der Waals surface area contributed by atoms with Crippen LogP contribution in [0.15, 0.2) is 48.0 Å². The van der Waals surface area contributed by atoms with Crippen LogP contribution < -0.4 is 9.64 Å². The second kappa shape index (κ2) is 9.99. The van der Waals surface area contributed by atoms with Gasteiger partial charge >= 0.3 is 17.8 Å². The first-order valence-corrected chi connectivity index (χ1v) is 12.8. The summed E-state index contributed by atoms with van der Waals surface area (Å²) in [5.74, 6) is -2.66. The molecule has 1 saturated heterocycles. The van der Waals surface area contributed by atoms with E-state index in [1.807, 2.05) is 6.92 Å². The Morgan fingerprint density at radius 1 is 1.05 bits per heavy atom. The van der Waals surface area contributed by atoms with Gasteiger partial charge in [0.15, 0.2) is 5.13 Å². The van der Waals surface area contributed by atoms with Crippen LogP contribution in [0.3, 0.4) is 0 Å². The van der Waals surface area contributed by atoms with E-state index >= 15 is 0 Å². The summed E-state index contributed by atoms with van der Waals surface area (Å²) in [4.78, 5) is 56.8. The quantitative estimate of drug-likeness (QED) is 0.218. The van der Waals surface area contributed by atoms with Crippen molar-refractivity contribution >= 4 is 45.9 Å². The van der Waals surface area contributed by atoms with Crippen molar-refractivity contribution in [3.05, 3.63) is 80.9 Å². The highest BCUT2D eigenvalue weighted by Crippen LogP contribution is 2.44.